The molecule has 12 atom stereocenters. The fourth-order valence-electron chi connectivity index (χ4n) is 10.5. The van der Waals surface area contributed by atoms with Gasteiger partial charge in [0.1, 0.15) is 48.8 Å². The van der Waals surface area contributed by atoms with E-state index in [0.29, 0.717) is 12.8 Å². The molecule has 2 fully saturated rings. The Morgan fingerprint density at radius 3 is 1.29 bits per heavy atom. The number of nitrogens with one attached hydrogen (secondary N) is 1. The van der Waals surface area contributed by atoms with Crippen LogP contribution in [0.25, 0.3) is 0 Å². The quantitative estimate of drug-likeness (QED) is 0.0204. The molecule has 14 nitrogen and oxygen atoms in total. The molecule has 2 aliphatic heterocycles. The molecule has 0 aromatic carbocycles. The molecule has 2 rings (SSSR count). The van der Waals surface area contributed by atoms with Crippen molar-refractivity contribution in [1.82, 2.24) is 5.32 Å². The van der Waals surface area contributed by atoms with E-state index in [-0.39, 0.29) is 18.9 Å². The third-order valence-corrected chi connectivity index (χ3v) is 15.6. The molecule has 0 bridgehead atoms. The molecule has 448 valence electrons. The van der Waals surface area contributed by atoms with Gasteiger partial charge in [0.25, 0.3) is 0 Å². The number of rotatable bonds is 51. The second kappa shape index (κ2) is 48.2. The van der Waals surface area contributed by atoms with Crippen LogP contribution in [0.4, 0.5) is 0 Å². The van der Waals surface area contributed by atoms with E-state index in [1.165, 1.54) is 205 Å². The zero-order valence-electron chi connectivity index (χ0n) is 48.3. The molecule has 0 aromatic heterocycles. The van der Waals surface area contributed by atoms with Crippen molar-refractivity contribution in [2.45, 2.75) is 344 Å². The average Bonchev–Trinajstić information content (AvgIpc) is 3.42. The number of unbranched alkanes of at least 4 members (excludes halogenated alkanes) is 36. The Labute approximate surface area is 462 Å². The summed E-state index contributed by atoms with van der Waals surface area (Å²) in [5.41, 5.74) is 0. The van der Waals surface area contributed by atoms with E-state index in [4.69, 9.17) is 18.9 Å². The number of ether oxygens (including phenoxy) is 4. The van der Waals surface area contributed by atoms with Gasteiger partial charge in [0, 0.05) is 6.42 Å². The highest BCUT2D eigenvalue weighted by atomic mass is 16.7. The lowest BCUT2D eigenvalue weighted by Crippen LogP contribution is -2.65. The lowest BCUT2D eigenvalue weighted by molar-refractivity contribution is -0.359. The number of carbonyl (C=O) groups is 1. The summed E-state index contributed by atoms with van der Waals surface area (Å²) < 4.78 is 22.8. The van der Waals surface area contributed by atoms with E-state index < -0.39 is 86.8 Å². The highest BCUT2D eigenvalue weighted by Crippen LogP contribution is 2.30. The van der Waals surface area contributed by atoms with Gasteiger partial charge >= 0.3 is 0 Å². The lowest BCUT2D eigenvalue weighted by atomic mass is 9.97. The Morgan fingerprint density at radius 1 is 0.461 bits per heavy atom. The van der Waals surface area contributed by atoms with Gasteiger partial charge < -0.3 is 65.1 Å². The number of aliphatic hydroxyl groups excluding tert-OH is 8. The van der Waals surface area contributed by atoms with E-state index >= 15 is 0 Å². The number of allylic oxidation sites excluding steroid dienone is 3. The number of hydrogen-bond acceptors (Lipinski definition) is 13. The van der Waals surface area contributed by atoms with Crippen LogP contribution in [-0.2, 0) is 23.7 Å². The summed E-state index contributed by atoms with van der Waals surface area (Å²) in [6, 6.07) is -0.927. The molecule has 0 radical (unpaired) electrons. The first kappa shape index (κ1) is 70.6. The van der Waals surface area contributed by atoms with E-state index in [0.717, 1.165) is 32.1 Å². The number of carbonyl (C=O) groups excluding carboxylic acids is 1. The van der Waals surface area contributed by atoms with Gasteiger partial charge in [0.05, 0.1) is 32.0 Å². The van der Waals surface area contributed by atoms with E-state index in [2.05, 4.69) is 31.3 Å². The van der Waals surface area contributed by atoms with Crippen molar-refractivity contribution in [3.63, 3.8) is 0 Å². The van der Waals surface area contributed by atoms with Crippen LogP contribution in [0, 0.1) is 0 Å². The Kier molecular flexibility index (Phi) is 44.8. The fourth-order valence-corrected chi connectivity index (χ4v) is 10.5. The molecule has 76 heavy (non-hydrogen) atoms. The summed E-state index contributed by atoms with van der Waals surface area (Å²) in [7, 11) is 0. The molecule has 12 unspecified atom stereocenters. The zero-order valence-corrected chi connectivity index (χ0v) is 48.3. The van der Waals surface area contributed by atoms with Crippen LogP contribution in [0.5, 0.6) is 0 Å². The van der Waals surface area contributed by atoms with Gasteiger partial charge in [0.2, 0.25) is 5.91 Å². The molecule has 2 heterocycles. The zero-order chi connectivity index (χ0) is 55.3. The Bertz CT molecular complexity index is 1370. The van der Waals surface area contributed by atoms with E-state index in [1.54, 1.807) is 6.08 Å². The monoisotopic (exact) mass is 1080 g/mol. The maximum Gasteiger partial charge on any atom is 0.220 e. The first-order chi connectivity index (χ1) is 37.1. The summed E-state index contributed by atoms with van der Waals surface area (Å²) in [4.78, 5) is 13.2. The molecule has 0 saturated carbocycles. The Hall–Kier alpha value is -1.53. The van der Waals surface area contributed by atoms with Crippen molar-refractivity contribution in [2.24, 2.45) is 0 Å². The number of amides is 1. The Morgan fingerprint density at radius 2 is 0.842 bits per heavy atom. The van der Waals surface area contributed by atoms with Crippen molar-refractivity contribution in [3.05, 3.63) is 24.3 Å². The molecular weight excluding hydrogens is 967 g/mol. The predicted molar refractivity (Wildman–Crippen MR) is 305 cm³/mol. The topological polar surface area (TPSA) is 228 Å². The van der Waals surface area contributed by atoms with Crippen molar-refractivity contribution < 1.29 is 64.6 Å². The highest BCUT2D eigenvalue weighted by molar-refractivity contribution is 5.76. The molecule has 0 spiro atoms. The number of hydrogen-bond donors (Lipinski definition) is 9. The summed E-state index contributed by atoms with van der Waals surface area (Å²) in [5.74, 6) is -0.245. The van der Waals surface area contributed by atoms with Crippen LogP contribution in [0.1, 0.15) is 271 Å². The largest absolute Gasteiger partial charge is 0.394 e. The minimum Gasteiger partial charge on any atom is -0.394 e. The van der Waals surface area contributed by atoms with Crippen molar-refractivity contribution in [1.29, 1.82) is 0 Å². The standard InChI is InChI=1S/C62H117NO13/c1-3-5-7-9-11-13-15-17-19-20-21-22-23-24-25-26-27-28-29-30-32-33-35-37-39-41-43-45-51(66)50(63-54(67)46-44-42-40-38-36-34-31-18-16-14-12-10-8-6-4-2)49-73-61-59(72)57(70)60(53(48-65)75-61)76-62-58(71)56(69)55(68)52(47-64)74-62/h35,37,43,45,50-53,55-62,64-66,68-72H,3-34,36,38-42,44,46-49H2,1-2H3,(H,63,67)/b37-35+,45-43+. The van der Waals surface area contributed by atoms with Gasteiger partial charge in [0.15, 0.2) is 12.6 Å². The highest BCUT2D eigenvalue weighted by Gasteiger charge is 2.51. The SMILES string of the molecule is CCCCCCCCCCCCCCCCCCCCCCC/C=C/CC/C=C/C(O)C(COC1OC(CO)C(OC2OC(CO)C(O)C(O)C2O)C(O)C1O)NC(=O)CCCCCCCCCCCCCCCCC. The molecule has 1 amide bonds. The van der Waals surface area contributed by atoms with Gasteiger partial charge in [-0.3, -0.25) is 4.79 Å². The van der Waals surface area contributed by atoms with Gasteiger partial charge in [-0.2, -0.15) is 0 Å². The van der Waals surface area contributed by atoms with Crippen molar-refractivity contribution in [3.8, 4) is 0 Å². The first-order valence-electron chi connectivity index (χ1n) is 31.6. The van der Waals surface area contributed by atoms with Gasteiger partial charge in [-0.1, -0.05) is 256 Å². The lowest BCUT2D eigenvalue weighted by Gasteiger charge is -2.46. The predicted octanol–water partition coefficient (Wildman–Crippen LogP) is 11.2. The van der Waals surface area contributed by atoms with Gasteiger partial charge in [-0.05, 0) is 32.1 Å². The summed E-state index contributed by atoms with van der Waals surface area (Å²) >= 11 is 0. The number of aliphatic hydroxyl groups is 8. The van der Waals surface area contributed by atoms with Crippen molar-refractivity contribution >= 4 is 5.91 Å². The summed E-state index contributed by atoms with van der Waals surface area (Å²) in [6.07, 6.45) is 40.9. The van der Waals surface area contributed by atoms with Crippen LogP contribution in [0.15, 0.2) is 24.3 Å². The summed E-state index contributed by atoms with van der Waals surface area (Å²) in [5, 5.41) is 87.1. The van der Waals surface area contributed by atoms with Crippen LogP contribution in [0.2, 0.25) is 0 Å². The fraction of sp³-hybridized carbons (Fsp3) is 0.919. The molecule has 14 heteroatoms. The average molecular weight is 1080 g/mol. The summed E-state index contributed by atoms with van der Waals surface area (Å²) in [6.45, 7) is 2.81. The molecule has 2 saturated heterocycles. The normalized spacial score (nSPS) is 25.0. The third-order valence-electron chi connectivity index (χ3n) is 15.6. The van der Waals surface area contributed by atoms with Crippen LogP contribution in [-0.4, -0.2) is 140 Å². The van der Waals surface area contributed by atoms with E-state index in [9.17, 15) is 45.6 Å². The second-order valence-electron chi connectivity index (χ2n) is 22.5. The first-order valence-corrected chi connectivity index (χ1v) is 31.6. The van der Waals surface area contributed by atoms with E-state index in [1.807, 2.05) is 6.08 Å². The maximum atomic E-state index is 13.2. The maximum absolute atomic E-state index is 13.2. The smallest absolute Gasteiger partial charge is 0.220 e. The van der Waals surface area contributed by atoms with Gasteiger partial charge in [-0.15, -0.1) is 0 Å². The second-order valence-corrected chi connectivity index (χ2v) is 22.5. The minimum atomic E-state index is -1.79. The molecular formula is C62H117NO13. The minimum absolute atomic E-state index is 0.245. The molecule has 9 N–H and O–H groups in total. The van der Waals surface area contributed by atoms with Crippen LogP contribution in [0.3, 0.4) is 0 Å². The molecule has 0 aliphatic carbocycles. The Balaban J connectivity index is 1.73. The van der Waals surface area contributed by atoms with Crippen molar-refractivity contribution in [2.75, 3.05) is 19.8 Å². The van der Waals surface area contributed by atoms with Gasteiger partial charge in [-0.25, -0.2) is 0 Å². The molecule has 2 aliphatic rings. The van der Waals surface area contributed by atoms with Crippen LogP contribution >= 0.6 is 0 Å². The third kappa shape index (κ3) is 33.3. The molecule has 0 aromatic rings. The van der Waals surface area contributed by atoms with Crippen LogP contribution < -0.4 is 5.32 Å².